The first-order chi connectivity index (χ1) is 13.0. The standard InChI is InChI=1S/C18H17NO8S/c1-10(2)27-18(24)11-3-5-14(6-4-11)19-28(25,26)15-8-12(16(20)21)7-13(9-15)17(22)23/h3-10,19H,1-2H3,(H,20,21)(H,22,23). The molecule has 2 aromatic rings. The van der Waals surface area contributed by atoms with Crippen LogP contribution in [0.3, 0.4) is 0 Å². The van der Waals surface area contributed by atoms with E-state index in [0.717, 1.165) is 18.2 Å². The molecule has 0 heterocycles. The van der Waals surface area contributed by atoms with Crippen molar-refractivity contribution in [3.63, 3.8) is 0 Å². The smallest absolute Gasteiger partial charge is 0.338 e. The van der Waals surface area contributed by atoms with Crippen LogP contribution in [-0.4, -0.2) is 42.6 Å². The molecule has 0 saturated carbocycles. The van der Waals surface area contributed by atoms with E-state index in [-0.39, 0.29) is 17.4 Å². The van der Waals surface area contributed by atoms with Crippen LogP contribution >= 0.6 is 0 Å². The zero-order valence-electron chi connectivity index (χ0n) is 14.9. The molecular weight excluding hydrogens is 390 g/mol. The number of sulfonamides is 1. The Morgan fingerprint density at radius 3 is 1.82 bits per heavy atom. The van der Waals surface area contributed by atoms with Crippen molar-refractivity contribution in [3.8, 4) is 0 Å². The lowest BCUT2D eigenvalue weighted by Gasteiger charge is -2.11. The number of nitrogens with one attached hydrogen (secondary N) is 1. The lowest BCUT2D eigenvalue weighted by molar-refractivity contribution is 0.0377. The molecule has 0 spiro atoms. The Morgan fingerprint density at radius 2 is 1.39 bits per heavy atom. The fraction of sp³-hybridized carbons (Fsp3) is 0.167. The number of carboxylic acids is 2. The van der Waals surface area contributed by atoms with E-state index in [1.807, 2.05) is 0 Å². The van der Waals surface area contributed by atoms with Crippen molar-refractivity contribution in [1.29, 1.82) is 0 Å². The van der Waals surface area contributed by atoms with Gasteiger partial charge in [-0.2, -0.15) is 0 Å². The normalized spacial score (nSPS) is 11.1. The Labute approximate surface area is 160 Å². The van der Waals surface area contributed by atoms with Gasteiger partial charge in [-0.3, -0.25) is 4.72 Å². The Kier molecular flexibility index (Phi) is 6.04. The third kappa shape index (κ3) is 5.07. The fourth-order valence-electron chi connectivity index (χ4n) is 2.17. The van der Waals surface area contributed by atoms with Gasteiger partial charge >= 0.3 is 17.9 Å². The molecule has 0 bridgehead atoms. The quantitative estimate of drug-likeness (QED) is 0.593. The van der Waals surface area contributed by atoms with Crippen molar-refractivity contribution in [2.24, 2.45) is 0 Å². The van der Waals surface area contributed by atoms with Crippen molar-refractivity contribution in [2.45, 2.75) is 24.8 Å². The molecule has 0 aliphatic heterocycles. The predicted molar refractivity (Wildman–Crippen MR) is 98.2 cm³/mol. The van der Waals surface area contributed by atoms with Crippen LogP contribution in [0.1, 0.15) is 44.9 Å². The number of rotatable bonds is 7. The first-order valence-corrected chi connectivity index (χ1v) is 9.43. The van der Waals surface area contributed by atoms with E-state index >= 15 is 0 Å². The topological polar surface area (TPSA) is 147 Å². The van der Waals surface area contributed by atoms with E-state index in [9.17, 15) is 22.8 Å². The summed E-state index contributed by atoms with van der Waals surface area (Å²) in [7, 11) is -4.27. The van der Waals surface area contributed by atoms with Crippen LogP contribution in [0.5, 0.6) is 0 Å². The van der Waals surface area contributed by atoms with Crippen molar-refractivity contribution in [1.82, 2.24) is 0 Å². The lowest BCUT2D eigenvalue weighted by Crippen LogP contribution is -2.15. The summed E-state index contributed by atoms with van der Waals surface area (Å²) in [5, 5.41) is 18.1. The fourth-order valence-corrected chi connectivity index (χ4v) is 3.30. The number of hydrogen-bond donors (Lipinski definition) is 3. The second kappa shape index (κ2) is 8.09. The predicted octanol–water partition coefficient (Wildman–Crippen LogP) is 2.45. The molecule has 28 heavy (non-hydrogen) atoms. The molecule has 0 amide bonds. The summed E-state index contributed by atoms with van der Waals surface area (Å²) in [5.74, 6) is -3.50. The van der Waals surface area contributed by atoms with Crippen molar-refractivity contribution >= 4 is 33.6 Å². The molecule has 0 aliphatic carbocycles. The molecule has 9 nitrogen and oxygen atoms in total. The minimum Gasteiger partial charge on any atom is -0.478 e. The van der Waals surface area contributed by atoms with Gasteiger partial charge in [-0.25, -0.2) is 22.8 Å². The Morgan fingerprint density at radius 1 is 0.893 bits per heavy atom. The molecule has 2 aromatic carbocycles. The lowest BCUT2D eigenvalue weighted by atomic mass is 10.1. The maximum atomic E-state index is 12.5. The van der Waals surface area contributed by atoms with Crippen molar-refractivity contribution in [3.05, 3.63) is 59.2 Å². The summed E-state index contributed by atoms with van der Waals surface area (Å²) in [5.41, 5.74) is -0.643. The van der Waals surface area contributed by atoms with Gasteiger partial charge in [0.05, 0.1) is 27.7 Å². The largest absolute Gasteiger partial charge is 0.478 e. The number of carbonyl (C=O) groups is 3. The molecule has 0 fully saturated rings. The summed E-state index contributed by atoms with van der Waals surface area (Å²) < 4.78 is 32.3. The third-order valence-corrected chi connectivity index (χ3v) is 4.79. The first-order valence-electron chi connectivity index (χ1n) is 7.95. The van der Waals surface area contributed by atoms with Gasteiger partial charge in [-0.15, -0.1) is 0 Å². The number of aromatic carboxylic acids is 2. The number of hydrogen-bond acceptors (Lipinski definition) is 6. The summed E-state index contributed by atoms with van der Waals surface area (Å²) in [6, 6.07) is 7.94. The third-order valence-electron chi connectivity index (χ3n) is 3.43. The van der Waals surface area contributed by atoms with Crippen LogP contribution in [0.15, 0.2) is 47.4 Å². The first kappa shape index (κ1) is 20.9. The maximum absolute atomic E-state index is 12.5. The van der Waals surface area contributed by atoms with Crippen LogP contribution in [0.4, 0.5) is 5.69 Å². The maximum Gasteiger partial charge on any atom is 0.338 e. The molecule has 2 rings (SSSR count). The van der Waals surface area contributed by atoms with Gasteiger partial charge in [0.1, 0.15) is 0 Å². The number of ether oxygens (including phenoxy) is 1. The molecule has 3 N–H and O–H groups in total. The van der Waals surface area contributed by atoms with Gasteiger partial charge < -0.3 is 14.9 Å². The number of esters is 1. The minimum atomic E-state index is -4.27. The van der Waals surface area contributed by atoms with Crippen molar-refractivity contribution < 1.29 is 37.8 Å². The average molecular weight is 407 g/mol. The molecule has 0 aliphatic rings. The Hall–Kier alpha value is -3.40. The number of anilines is 1. The highest BCUT2D eigenvalue weighted by Crippen LogP contribution is 2.20. The summed E-state index contributed by atoms with van der Waals surface area (Å²) in [4.78, 5) is 33.6. The van der Waals surface area contributed by atoms with Crippen LogP contribution in [0.25, 0.3) is 0 Å². The minimum absolute atomic E-state index is 0.0960. The highest BCUT2D eigenvalue weighted by molar-refractivity contribution is 7.92. The van der Waals surface area contributed by atoms with Crippen LogP contribution in [0.2, 0.25) is 0 Å². The number of carbonyl (C=O) groups excluding carboxylic acids is 1. The zero-order valence-corrected chi connectivity index (χ0v) is 15.7. The number of carboxylic acid groups (broad SMARTS) is 2. The van der Waals surface area contributed by atoms with Crippen LogP contribution in [0, 0.1) is 0 Å². The van der Waals surface area contributed by atoms with E-state index in [1.54, 1.807) is 13.8 Å². The van der Waals surface area contributed by atoms with Gasteiger partial charge in [0.2, 0.25) is 0 Å². The highest BCUT2D eigenvalue weighted by Gasteiger charge is 2.20. The molecule has 148 valence electrons. The highest BCUT2D eigenvalue weighted by atomic mass is 32.2. The molecular formula is C18H17NO8S. The van der Waals surface area contributed by atoms with E-state index in [1.165, 1.54) is 24.3 Å². The van der Waals surface area contributed by atoms with E-state index in [0.29, 0.717) is 0 Å². The van der Waals surface area contributed by atoms with Gasteiger partial charge in [-0.1, -0.05) is 0 Å². The van der Waals surface area contributed by atoms with Crippen molar-refractivity contribution in [2.75, 3.05) is 4.72 Å². The summed E-state index contributed by atoms with van der Waals surface area (Å²) >= 11 is 0. The average Bonchev–Trinajstić information content (AvgIpc) is 2.60. The monoisotopic (exact) mass is 407 g/mol. The zero-order chi connectivity index (χ0) is 21.1. The molecule has 0 unspecified atom stereocenters. The van der Waals surface area contributed by atoms with Gasteiger partial charge in [0.15, 0.2) is 0 Å². The molecule has 0 aromatic heterocycles. The van der Waals surface area contributed by atoms with Gasteiger partial charge in [-0.05, 0) is 56.3 Å². The van der Waals surface area contributed by atoms with E-state index in [4.69, 9.17) is 14.9 Å². The second-order valence-electron chi connectivity index (χ2n) is 5.99. The van der Waals surface area contributed by atoms with Gasteiger partial charge in [0.25, 0.3) is 10.0 Å². The SMILES string of the molecule is CC(C)OC(=O)c1ccc(NS(=O)(=O)c2cc(C(=O)O)cc(C(=O)O)c2)cc1. The van der Waals surface area contributed by atoms with Gasteiger partial charge in [0, 0.05) is 5.69 Å². The van der Waals surface area contributed by atoms with E-state index < -0.39 is 44.0 Å². The molecule has 10 heteroatoms. The molecule has 0 atom stereocenters. The van der Waals surface area contributed by atoms with Crippen LogP contribution < -0.4 is 4.72 Å². The summed E-state index contributed by atoms with van der Waals surface area (Å²) in [6.45, 7) is 3.38. The van der Waals surface area contributed by atoms with E-state index in [2.05, 4.69) is 4.72 Å². The Balaban J connectivity index is 2.32. The molecule has 0 radical (unpaired) electrons. The Bertz CT molecular complexity index is 994. The number of benzene rings is 2. The summed E-state index contributed by atoms with van der Waals surface area (Å²) in [6.07, 6.45) is -0.310. The molecule has 0 saturated heterocycles. The van der Waals surface area contributed by atoms with Crippen LogP contribution in [-0.2, 0) is 14.8 Å². The second-order valence-corrected chi connectivity index (χ2v) is 7.68.